The van der Waals surface area contributed by atoms with E-state index in [4.69, 9.17) is 30.8 Å². The maximum atomic E-state index is 6.38. The third-order valence-electron chi connectivity index (χ3n) is 6.07. The van der Waals surface area contributed by atoms with E-state index >= 15 is 0 Å². The second-order valence-electron chi connectivity index (χ2n) is 7.83. The highest BCUT2D eigenvalue weighted by Gasteiger charge is 2.33. The molecule has 5 nitrogen and oxygen atoms in total. The van der Waals surface area contributed by atoms with Gasteiger partial charge in [-0.15, -0.1) is 0 Å². The van der Waals surface area contributed by atoms with Crippen LogP contribution in [0.5, 0.6) is 17.2 Å². The lowest BCUT2D eigenvalue weighted by molar-refractivity contribution is -0.512. The number of halogens is 1. The SMILES string of the molecule is COc1ccc(C2=Nc3cc(Cl)ccc3C3=[N+](CCc4cc(OC)c(OC)cc43)C2)cc1. The van der Waals surface area contributed by atoms with Gasteiger partial charge in [-0.05, 0) is 60.2 Å². The van der Waals surface area contributed by atoms with Crippen molar-refractivity contribution < 1.29 is 18.8 Å². The van der Waals surface area contributed by atoms with Crippen molar-refractivity contribution in [1.29, 1.82) is 0 Å². The fourth-order valence-corrected chi connectivity index (χ4v) is 4.62. The van der Waals surface area contributed by atoms with Crippen LogP contribution in [-0.4, -0.2) is 50.4 Å². The average Bonchev–Trinajstić information content (AvgIpc) is 2.99. The number of rotatable bonds is 4. The minimum absolute atomic E-state index is 0.666. The molecule has 162 valence electrons. The number of aliphatic imine (C=N–C) groups is 1. The quantitative estimate of drug-likeness (QED) is 0.534. The van der Waals surface area contributed by atoms with E-state index in [1.807, 2.05) is 24.3 Å². The van der Waals surface area contributed by atoms with Gasteiger partial charge in [0.15, 0.2) is 18.0 Å². The second-order valence-corrected chi connectivity index (χ2v) is 8.27. The van der Waals surface area contributed by atoms with Crippen molar-refractivity contribution in [3.05, 3.63) is 81.9 Å². The topological polar surface area (TPSA) is 43.1 Å². The van der Waals surface area contributed by atoms with Crippen LogP contribution in [0.3, 0.4) is 0 Å². The highest BCUT2D eigenvalue weighted by molar-refractivity contribution is 6.31. The van der Waals surface area contributed by atoms with Gasteiger partial charge in [-0.3, -0.25) is 0 Å². The van der Waals surface area contributed by atoms with E-state index in [-0.39, 0.29) is 0 Å². The summed E-state index contributed by atoms with van der Waals surface area (Å²) in [5.41, 5.74) is 7.51. The van der Waals surface area contributed by atoms with E-state index < -0.39 is 0 Å². The highest BCUT2D eigenvalue weighted by Crippen LogP contribution is 2.37. The smallest absolute Gasteiger partial charge is 0.217 e. The molecular formula is C26H24ClN2O3+. The molecule has 2 aliphatic rings. The molecule has 2 aliphatic heterocycles. The molecule has 0 aliphatic carbocycles. The van der Waals surface area contributed by atoms with E-state index in [0.29, 0.717) is 11.6 Å². The fraction of sp³-hybridized carbons (Fsp3) is 0.231. The molecule has 6 heteroatoms. The number of benzene rings is 3. The zero-order chi connectivity index (χ0) is 22.2. The minimum Gasteiger partial charge on any atom is -0.497 e. The van der Waals surface area contributed by atoms with Crippen LogP contribution < -0.4 is 14.2 Å². The lowest BCUT2D eigenvalue weighted by atomic mass is 9.91. The standard InChI is InChI=1S/C26H24ClN2O3/c1-30-19-7-4-16(5-8-19)23-15-29-11-10-17-12-24(31-2)25(32-3)14-21(17)26(29)20-9-6-18(27)13-22(20)28-23/h4-9,12-14H,10-11,15H2,1-3H3/q+1. The summed E-state index contributed by atoms with van der Waals surface area (Å²) in [5, 5.41) is 0.666. The first-order chi connectivity index (χ1) is 15.6. The number of ether oxygens (including phenoxy) is 3. The Bertz CT molecular complexity index is 1260. The molecule has 0 bridgehead atoms. The molecule has 0 unspecified atom stereocenters. The third kappa shape index (κ3) is 3.53. The summed E-state index contributed by atoms with van der Waals surface area (Å²) in [4.78, 5) is 5.07. The van der Waals surface area contributed by atoms with Gasteiger partial charge in [0.25, 0.3) is 0 Å². The van der Waals surface area contributed by atoms with Crippen LogP contribution in [0.2, 0.25) is 5.02 Å². The molecule has 5 rings (SSSR count). The summed E-state index contributed by atoms with van der Waals surface area (Å²) < 4.78 is 18.9. The third-order valence-corrected chi connectivity index (χ3v) is 6.30. The zero-order valence-corrected chi connectivity index (χ0v) is 19.1. The first kappa shape index (κ1) is 20.6. The summed E-state index contributed by atoms with van der Waals surface area (Å²) in [5.74, 6) is 2.30. The van der Waals surface area contributed by atoms with Crippen molar-refractivity contribution in [3.8, 4) is 17.2 Å². The molecule has 0 saturated heterocycles. The molecule has 2 heterocycles. The molecule has 0 radical (unpaired) electrons. The Morgan fingerprint density at radius 3 is 2.31 bits per heavy atom. The Balaban J connectivity index is 1.71. The molecule has 0 atom stereocenters. The van der Waals surface area contributed by atoms with Gasteiger partial charge in [0.2, 0.25) is 5.71 Å². The molecule has 0 N–H and O–H groups in total. The van der Waals surface area contributed by atoms with Crippen LogP contribution >= 0.6 is 11.6 Å². The number of nitrogens with zero attached hydrogens (tertiary/aromatic N) is 2. The van der Waals surface area contributed by atoms with Crippen LogP contribution in [0.4, 0.5) is 5.69 Å². The molecular weight excluding hydrogens is 424 g/mol. The molecule has 3 aromatic rings. The Morgan fingerprint density at radius 1 is 0.844 bits per heavy atom. The molecule has 32 heavy (non-hydrogen) atoms. The molecule has 0 spiro atoms. The largest absolute Gasteiger partial charge is 0.497 e. The van der Waals surface area contributed by atoms with E-state index in [1.54, 1.807) is 21.3 Å². The number of methoxy groups -OCH3 is 3. The van der Waals surface area contributed by atoms with E-state index in [9.17, 15) is 0 Å². The van der Waals surface area contributed by atoms with Crippen LogP contribution in [0, 0.1) is 0 Å². The van der Waals surface area contributed by atoms with Gasteiger partial charge in [-0.25, -0.2) is 9.57 Å². The van der Waals surface area contributed by atoms with Gasteiger partial charge in [0.05, 0.1) is 38.1 Å². The summed E-state index contributed by atoms with van der Waals surface area (Å²) in [7, 11) is 5.01. The van der Waals surface area contributed by atoms with Crippen LogP contribution in [0.15, 0.2) is 59.6 Å². The van der Waals surface area contributed by atoms with Gasteiger partial charge in [0, 0.05) is 17.0 Å². The highest BCUT2D eigenvalue weighted by atomic mass is 35.5. The molecule has 0 amide bonds. The van der Waals surface area contributed by atoms with E-state index in [2.05, 4.69) is 34.9 Å². The lowest BCUT2D eigenvalue weighted by Crippen LogP contribution is -2.33. The van der Waals surface area contributed by atoms with Gasteiger partial charge < -0.3 is 14.2 Å². The summed E-state index contributed by atoms with van der Waals surface area (Å²) in [6.45, 7) is 1.58. The lowest BCUT2D eigenvalue weighted by Gasteiger charge is -2.20. The predicted octanol–water partition coefficient (Wildman–Crippen LogP) is 4.91. The molecule has 0 fully saturated rings. The van der Waals surface area contributed by atoms with Crippen molar-refractivity contribution >= 4 is 28.7 Å². The number of fused-ring (bicyclic) bond motifs is 4. The van der Waals surface area contributed by atoms with Gasteiger partial charge in [-0.1, -0.05) is 11.6 Å². The van der Waals surface area contributed by atoms with Crippen LogP contribution in [0.1, 0.15) is 22.3 Å². The summed E-state index contributed by atoms with van der Waals surface area (Å²) in [6, 6.07) is 18.1. The molecule has 0 aromatic heterocycles. The fourth-order valence-electron chi connectivity index (χ4n) is 4.46. The minimum atomic E-state index is 0.666. The van der Waals surface area contributed by atoms with Crippen molar-refractivity contribution in [3.63, 3.8) is 0 Å². The summed E-state index contributed by atoms with van der Waals surface area (Å²) in [6.07, 6.45) is 0.915. The number of hydrogen-bond donors (Lipinski definition) is 0. The van der Waals surface area contributed by atoms with Crippen molar-refractivity contribution in [2.24, 2.45) is 4.99 Å². The Morgan fingerprint density at radius 2 is 1.59 bits per heavy atom. The Hall–Kier alpha value is -3.31. The van der Waals surface area contributed by atoms with Crippen molar-refractivity contribution in [1.82, 2.24) is 0 Å². The van der Waals surface area contributed by atoms with E-state index in [0.717, 1.165) is 64.0 Å². The van der Waals surface area contributed by atoms with Crippen LogP contribution in [-0.2, 0) is 6.42 Å². The predicted molar refractivity (Wildman–Crippen MR) is 127 cm³/mol. The Labute approximate surface area is 192 Å². The van der Waals surface area contributed by atoms with Gasteiger partial charge >= 0.3 is 0 Å². The maximum absolute atomic E-state index is 6.38. The van der Waals surface area contributed by atoms with E-state index in [1.165, 1.54) is 5.56 Å². The molecule has 0 saturated carbocycles. The summed E-state index contributed by atoms with van der Waals surface area (Å²) >= 11 is 6.38. The number of hydrogen-bond acceptors (Lipinski definition) is 4. The van der Waals surface area contributed by atoms with Crippen molar-refractivity contribution in [2.75, 3.05) is 34.4 Å². The van der Waals surface area contributed by atoms with Gasteiger partial charge in [0.1, 0.15) is 18.0 Å². The monoisotopic (exact) mass is 447 g/mol. The molecule has 3 aromatic carbocycles. The Kier molecular flexibility index (Phi) is 5.35. The first-order valence-corrected chi connectivity index (χ1v) is 10.9. The second kappa shape index (κ2) is 8.32. The van der Waals surface area contributed by atoms with Crippen LogP contribution in [0.25, 0.3) is 0 Å². The van der Waals surface area contributed by atoms with Gasteiger partial charge in [-0.2, -0.15) is 0 Å². The maximum Gasteiger partial charge on any atom is 0.217 e. The van der Waals surface area contributed by atoms with Crippen molar-refractivity contribution in [2.45, 2.75) is 6.42 Å². The average molecular weight is 448 g/mol. The zero-order valence-electron chi connectivity index (χ0n) is 18.3. The first-order valence-electron chi connectivity index (χ1n) is 10.5. The normalized spacial score (nSPS) is 14.6.